The van der Waals surface area contributed by atoms with Crippen LogP contribution in [0.25, 0.3) is 0 Å². The van der Waals surface area contributed by atoms with Gasteiger partial charge in [-0.2, -0.15) is 0 Å². The summed E-state index contributed by atoms with van der Waals surface area (Å²) >= 11 is 0. The van der Waals surface area contributed by atoms with Crippen molar-refractivity contribution in [2.75, 3.05) is 11.5 Å². The molecule has 3 aliphatic rings. The zero-order valence-electron chi connectivity index (χ0n) is 23.3. The van der Waals surface area contributed by atoms with E-state index >= 15 is 0 Å². The highest BCUT2D eigenvalue weighted by Gasteiger charge is 2.31. The van der Waals surface area contributed by atoms with E-state index in [1.807, 2.05) is 6.07 Å². The quantitative estimate of drug-likeness (QED) is 0.267. The van der Waals surface area contributed by atoms with Crippen molar-refractivity contribution >= 4 is 11.4 Å². The van der Waals surface area contributed by atoms with Crippen LogP contribution in [-0.4, -0.2) is 0 Å². The summed E-state index contributed by atoms with van der Waals surface area (Å²) in [5, 5.41) is 0. The van der Waals surface area contributed by atoms with Crippen molar-refractivity contribution in [3.05, 3.63) is 48.1 Å². The average Bonchev–Trinajstić information content (AvgIpc) is 2.89. The molecule has 0 aliphatic heterocycles. The Bertz CT molecular complexity index is 810. The zero-order chi connectivity index (χ0) is 25.3. The molecule has 0 radical (unpaired) electrons. The fourth-order valence-corrected chi connectivity index (χ4v) is 7.96. The first kappa shape index (κ1) is 27.3. The van der Waals surface area contributed by atoms with Gasteiger partial charge in [-0.15, -0.1) is 0 Å². The largest absolute Gasteiger partial charge is 0.399 e. The van der Waals surface area contributed by atoms with Gasteiger partial charge in [0.15, 0.2) is 0 Å². The number of rotatable bonds is 9. The molecular formula is C34H54N2. The molecule has 2 heteroatoms. The number of anilines is 2. The van der Waals surface area contributed by atoms with Crippen molar-refractivity contribution in [1.29, 1.82) is 0 Å². The maximum Gasteiger partial charge on any atom is 0.0337 e. The molecule has 4 rings (SSSR count). The summed E-state index contributed by atoms with van der Waals surface area (Å²) in [5.74, 6) is 5.92. The molecule has 2 nitrogen and oxygen atoms in total. The van der Waals surface area contributed by atoms with Crippen LogP contribution in [0, 0.1) is 35.5 Å². The second-order valence-electron chi connectivity index (χ2n) is 12.6. The summed E-state index contributed by atoms with van der Waals surface area (Å²) in [4.78, 5) is 0. The smallest absolute Gasteiger partial charge is 0.0337 e. The van der Waals surface area contributed by atoms with Crippen LogP contribution in [0.15, 0.2) is 42.5 Å². The second-order valence-corrected chi connectivity index (χ2v) is 12.6. The molecule has 0 saturated heterocycles. The highest BCUT2D eigenvalue weighted by molar-refractivity contribution is 5.55. The Labute approximate surface area is 222 Å². The molecular weight excluding hydrogens is 436 g/mol. The monoisotopic (exact) mass is 490 g/mol. The van der Waals surface area contributed by atoms with Crippen LogP contribution < -0.4 is 11.5 Å². The van der Waals surface area contributed by atoms with Gasteiger partial charge >= 0.3 is 0 Å². The van der Waals surface area contributed by atoms with Crippen LogP contribution in [0.1, 0.15) is 122 Å². The third-order valence-corrected chi connectivity index (χ3v) is 10.1. The van der Waals surface area contributed by atoms with Gasteiger partial charge in [0.2, 0.25) is 0 Å². The molecule has 1 atom stereocenters. The highest BCUT2D eigenvalue weighted by Crippen LogP contribution is 2.44. The van der Waals surface area contributed by atoms with Crippen molar-refractivity contribution in [2.45, 2.75) is 116 Å². The van der Waals surface area contributed by atoms with E-state index in [-0.39, 0.29) is 0 Å². The van der Waals surface area contributed by atoms with Crippen molar-refractivity contribution in [2.24, 2.45) is 35.5 Å². The van der Waals surface area contributed by atoms with E-state index in [1.54, 1.807) is 0 Å². The lowest BCUT2D eigenvalue weighted by Crippen LogP contribution is -2.25. The molecule has 3 fully saturated rings. The van der Waals surface area contributed by atoms with E-state index in [0.717, 1.165) is 46.9 Å². The van der Waals surface area contributed by atoms with Crippen LogP contribution in [0.3, 0.4) is 0 Å². The molecule has 200 valence electrons. The van der Waals surface area contributed by atoms with E-state index in [1.165, 1.54) is 102 Å². The normalized spacial score (nSPS) is 32.7. The lowest BCUT2D eigenvalue weighted by Gasteiger charge is -2.37. The highest BCUT2D eigenvalue weighted by atomic mass is 14.6. The van der Waals surface area contributed by atoms with Crippen molar-refractivity contribution in [1.82, 2.24) is 0 Å². The van der Waals surface area contributed by atoms with Crippen LogP contribution in [-0.2, 0) is 0 Å². The minimum absolute atomic E-state index is 0.615. The third-order valence-electron chi connectivity index (χ3n) is 10.1. The summed E-state index contributed by atoms with van der Waals surface area (Å²) in [5.41, 5.74) is 15.3. The van der Waals surface area contributed by atoms with Gasteiger partial charge in [0.25, 0.3) is 0 Å². The summed E-state index contributed by atoms with van der Waals surface area (Å²) in [6.45, 7) is 4.48. The molecule has 0 bridgehead atoms. The molecule has 0 spiro atoms. The Hall–Kier alpha value is -1.70. The van der Waals surface area contributed by atoms with Gasteiger partial charge in [-0.1, -0.05) is 44.1 Å². The maximum absolute atomic E-state index is 6.16. The number of nitrogen functional groups attached to an aromatic ring is 2. The Morgan fingerprint density at radius 3 is 1.64 bits per heavy atom. The van der Waals surface area contributed by atoms with Crippen molar-refractivity contribution in [3.8, 4) is 0 Å². The molecule has 0 amide bonds. The first-order valence-electron chi connectivity index (χ1n) is 15.5. The molecule has 0 aromatic heterocycles. The Kier molecular flexibility index (Phi) is 10.4. The van der Waals surface area contributed by atoms with Crippen molar-refractivity contribution in [3.63, 3.8) is 0 Å². The molecule has 0 heterocycles. The molecule has 4 N–H and O–H groups in total. The molecule has 3 saturated carbocycles. The summed E-state index contributed by atoms with van der Waals surface area (Å²) in [6.07, 6.45) is 30.8. The van der Waals surface area contributed by atoms with Crippen LogP contribution in [0.4, 0.5) is 11.4 Å². The predicted molar refractivity (Wildman–Crippen MR) is 158 cm³/mol. The zero-order valence-corrected chi connectivity index (χ0v) is 23.3. The minimum atomic E-state index is 0.615. The van der Waals surface area contributed by atoms with Gasteiger partial charge in [0, 0.05) is 11.4 Å². The maximum atomic E-state index is 6.16. The summed E-state index contributed by atoms with van der Waals surface area (Å²) in [6, 6.07) is 6.27. The fraction of sp³-hybridized carbons (Fsp3) is 0.706. The van der Waals surface area contributed by atoms with Crippen LogP contribution in [0.2, 0.25) is 0 Å². The van der Waals surface area contributed by atoms with E-state index in [0.29, 0.717) is 5.92 Å². The standard InChI is InChI=1S/C34H54N2/c1-3-5-7-34(31-22-32(35)24-33(36)23-31)30-20-14-27(15-21-30)9-8-26-12-18-29(19-13-26)28-16-10-25(6-4-2)11-17-28/h4,6,8-9,22-30,34H,3,5,7,10-21,35-36H2,1-2H3/b6-4?,9-8+. The van der Waals surface area contributed by atoms with Gasteiger partial charge in [-0.25, -0.2) is 0 Å². The number of hydrogen-bond donors (Lipinski definition) is 2. The topological polar surface area (TPSA) is 52.0 Å². The predicted octanol–water partition coefficient (Wildman–Crippen LogP) is 9.68. The molecule has 1 unspecified atom stereocenters. The lowest BCUT2D eigenvalue weighted by atomic mass is 9.69. The molecule has 3 aliphatic carbocycles. The Balaban J connectivity index is 1.22. The number of hydrogen-bond acceptors (Lipinski definition) is 2. The third kappa shape index (κ3) is 7.65. The average molecular weight is 491 g/mol. The molecule has 1 aromatic carbocycles. The Morgan fingerprint density at radius 1 is 0.694 bits per heavy atom. The van der Waals surface area contributed by atoms with Gasteiger partial charge in [-0.3, -0.25) is 0 Å². The van der Waals surface area contributed by atoms with E-state index in [9.17, 15) is 0 Å². The van der Waals surface area contributed by atoms with Gasteiger partial charge < -0.3 is 11.5 Å². The SMILES string of the molecule is CC=CC1CCC(C2CCC(/C=C/C3CCC(C(CCCC)c4cc(N)cc(N)c4)CC3)CC2)CC1. The van der Waals surface area contributed by atoms with Crippen LogP contribution in [0.5, 0.6) is 0 Å². The number of unbranched alkanes of at least 4 members (excludes halogenated alkanes) is 1. The first-order chi connectivity index (χ1) is 17.6. The lowest BCUT2D eigenvalue weighted by molar-refractivity contribution is 0.166. The van der Waals surface area contributed by atoms with Gasteiger partial charge in [-0.05, 0) is 156 Å². The second kappa shape index (κ2) is 13.7. The van der Waals surface area contributed by atoms with E-state index < -0.39 is 0 Å². The Morgan fingerprint density at radius 2 is 1.17 bits per heavy atom. The van der Waals surface area contributed by atoms with E-state index in [2.05, 4.69) is 50.3 Å². The van der Waals surface area contributed by atoms with Gasteiger partial charge in [0.05, 0.1) is 0 Å². The summed E-state index contributed by atoms with van der Waals surface area (Å²) < 4.78 is 0. The number of allylic oxidation sites excluding steroid dienone is 4. The van der Waals surface area contributed by atoms with E-state index in [4.69, 9.17) is 11.5 Å². The first-order valence-corrected chi connectivity index (χ1v) is 15.5. The summed E-state index contributed by atoms with van der Waals surface area (Å²) in [7, 11) is 0. The number of benzene rings is 1. The van der Waals surface area contributed by atoms with Crippen molar-refractivity contribution < 1.29 is 0 Å². The fourth-order valence-electron chi connectivity index (χ4n) is 7.96. The molecule has 36 heavy (non-hydrogen) atoms. The van der Waals surface area contributed by atoms with Gasteiger partial charge in [0.1, 0.15) is 0 Å². The number of nitrogens with two attached hydrogens (primary N) is 2. The minimum Gasteiger partial charge on any atom is -0.399 e. The molecule has 1 aromatic rings. The van der Waals surface area contributed by atoms with Crippen LogP contribution >= 0.6 is 0 Å².